The summed E-state index contributed by atoms with van der Waals surface area (Å²) in [5.41, 5.74) is 6.96. The first kappa shape index (κ1) is 18.6. The number of methoxy groups -OCH3 is 2. The van der Waals surface area contributed by atoms with Crippen molar-refractivity contribution in [3.05, 3.63) is 59.8 Å². The highest BCUT2D eigenvalue weighted by Crippen LogP contribution is 2.31. The predicted molar refractivity (Wildman–Crippen MR) is 99.4 cm³/mol. The van der Waals surface area contributed by atoms with Crippen molar-refractivity contribution < 1.29 is 23.5 Å². The summed E-state index contributed by atoms with van der Waals surface area (Å²) < 4.78 is 16.6. The maximum atomic E-state index is 12.2. The summed E-state index contributed by atoms with van der Waals surface area (Å²) in [5.74, 6) is -0.647. The zero-order chi connectivity index (χ0) is 20.3. The summed E-state index contributed by atoms with van der Waals surface area (Å²) in [6, 6.07) is 9.89. The average molecular weight is 380 g/mol. The molecule has 0 saturated heterocycles. The summed E-state index contributed by atoms with van der Waals surface area (Å²) in [6.07, 6.45) is 2.82. The molecular formula is C19H16N4O5. The lowest BCUT2D eigenvalue weighted by Crippen LogP contribution is -2.13. The lowest BCUT2D eigenvalue weighted by Gasteiger charge is -2.13. The third-order valence-electron chi connectivity index (χ3n) is 4.00. The number of benzene rings is 1. The van der Waals surface area contributed by atoms with Gasteiger partial charge in [0, 0.05) is 18.0 Å². The molecule has 9 heteroatoms. The second-order valence-electron chi connectivity index (χ2n) is 5.59. The number of nitrogens with one attached hydrogen (secondary N) is 1. The van der Waals surface area contributed by atoms with E-state index in [2.05, 4.69) is 5.32 Å². The van der Waals surface area contributed by atoms with Crippen molar-refractivity contribution in [3.63, 3.8) is 0 Å². The van der Waals surface area contributed by atoms with Crippen molar-refractivity contribution in [2.24, 2.45) is 0 Å². The van der Waals surface area contributed by atoms with Crippen LogP contribution in [0.15, 0.2) is 47.2 Å². The molecule has 28 heavy (non-hydrogen) atoms. The van der Waals surface area contributed by atoms with Crippen LogP contribution < -0.4 is 15.8 Å². The number of carbonyl (C=O) groups is 2. The fourth-order valence-corrected chi connectivity index (χ4v) is 2.64. The van der Waals surface area contributed by atoms with Crippen molar-refractivity contribution in [2.75, 3.05) is 25.3 Å². The number of amides is 1. The first-order chi connectivity index (χ1) is 13.5. The number of aromatic nitrogens is 1. The molecule has 1 amide bonds. The molecule has 142 valence electrons. The number of rotatable bonds is 5. The zero-order valence-corrected chi connectivity index (χ0v) is 15.1. The van der Waals surface area contributed by atoms with Gasteiger partial charge in [-0.3, -0.25) is 4.79 Å². The van der Waals surface area contributed by atoms with E-state index in [0.29, 0.717) is 17.1 Å². The Labute approximate surface area is 159 Å². The van der Waals surface area contributed by atoms with E-state index in [1.807, 2.05) is 6.07 Å². The Hall–Kier alpha value is -4.19. The summed E-state index contributed by atoms with van der Waals surface area (Å²) in [4.78, 5) is 24.3. The summed E-state index contributed by atoms with van der Waals surface area (Å²) in [6.45, 7) is 0. The molecule has 0 aliphatic rings. The average Bonchev–Trinajstić information content (AvgIpc) is 3.35. The third-order valence-corrected chi connectivity index (χ3v) is 4.00. The van der Waals surface area contributed by atoms with Crippen LogP contribution in [0.3, 0.4) is 0 Å². The molecule has 0 radical (unpaired) electrons. The van der Waals surface area contributed by atoms with E-state index in [9.17, 15) is 14.9 Å². The van der Waals surface area contributed by atoms with E-state index in [1.54, 1.807) is 24.3 Å². The number of anilines is 2. The monoisotopic (exact) mass is 380 g/mol. The quantitative estimate of drug-likeness (QED) is 0.650. The summed E-state index contributed by atoms with van der Waals surface area (Å²) in [7, 11) is 2.66. The van der Waals surface area contributed by atoms with Gasteiger partial charge in [0.05, 0.1) is 37.4 Å². The van der Waals surface area contributed by atoms with Crippen molar-refractivity contribution in [2.45, 2.75) is 0 Å². The number of esters is 1. The Bertz CT molecular complexity index is 1080. The van der Waals surface area contributed by atoms with Gasteiger partial charge in [-0.05, 0) is 24.3 Å². The largest absolute Gasteiger partial charge is 0.494 e. The van der Waals surface area contributed by atoms with Crippen LogP contribution in [0.5, 0.6) is 5.75 Å². The Morgan fingerprint density at radius 2 is 2.07 bits per heavy atom. The Balaban J connectivity index is 2.02. The summed E-state index contributed by atoms with van der Waals surface area (Å²) in [5, 5.41) is 11.9. The molecule has 0 unspecified atom stereocenters. The summed E-state index contributed by atoms with van der Waals surface area (Å²) >= 11 is 0. The van der Waals surface area contributed by atoms with Gasteiger partial charge in [-0.25, -0.2) is 4.79 Å². The van der Waals surface area contributed by atoms with E-state index >= 15 is 0 Å². The number of ether oxygens (including phenoxy) is 2. The fraction of sp³-hybridized carbons (Fsp3) is 0.105. The second kappa shape index (κ2) is 7.59. The highest BCUT2D eigenvalue weighted by Gasteiger charge is 2.22. The molecule has 3 N–H and O–H groups in total. The molecule has 2 heterocycles. The molecule has 1 aromatic carbocycles. The Kier molecular flexibility index (Phi) is 5.04. The van der Waals surface area contributed by atoms with Crippen LogP contribution in [0, 0.1) is 11.3 Å². The number of nitrogen functional groups attached to an aromatic ring is 1. The molecule has 0 bridgehead atoms. The van der Waals surface area contributed by atoms with Gasteiger partial charge in [-0.15, -0.1) is 0 Å². The van der Waals surface area contributed by atoms with Crippen LogP contribution in [0.4, 0.5) is 11.4 Å². The minimum atomic E-state index is -0.687. The highest BCUT2D eigenvalue weighted by atomic mass is 16.5. The number of furan rings is 1. The minimum absolute atomic E-state index is 0.0171. The molecule has 0 aliphatic carbocycles. The minimum Gasteiger partial charge on any atom is -0.494 e. The fourth-order valence-electron chi connectivity index (χ4n) is 2.64. The van der Waals surface area contributed by atoms with Gasteiger partial charge in [0.2, 0.25) is 0 Å². The molecular weight excluding hydrogens is 364 g/mol. The van der Waals surface area contributed by atoms with Gasteiger partial charge in [0.25, 0.3) is 5.91 Å². The highest BCUT2D eigenvalue weighted by molar-refractivity contribution is 6.03. The van der Waals surface area contributed by atoms with Gasteiger partial charge in [-0.1, -0.05) is 0 Å². The van der Waals surface area contributed by atoms with E-state index < -0.39 is 11.9 Å². The van der Waals surface area contributed by atoms with E-state index in [0.717, 1.165) is 0 Å². The van der Waals surface area contributed by atoms with Gasteiger partial charge < -0.3 is 29.5 Å². The van der Waals surface area contributed by atoms with Gasteiger partial charge in [0.15, 0.2) is 11.5 Å². The molecule has 0 atom stereocenters. The van der Waals surface area contributed by atoms with Crippen molar-refractivity contribution >= 4 is 23.3 Å². The first-order valence-corrected chi connectivity index (χ1v) is 8.02. The smallest absolute Gasteiger partial charge is 0.357 e. The maximum absolute atomic E-state index is 12.2. The van der Waals surface area contributed by atoms with Gasteiger partial charge in [0.1, 0.15) is 11.8 Å². The second-order valence-corrected chi connectivity index (χ2v) is 5.59. The van der Waals surface area contributed by atoms with Crippen molar-refractivity contribution in [1.82, 2.24) is 4.57 Å². The Morgan fingerprint density at radius 1 is 1.29 bits per heavy atom. The van der Waals surface area contributed by atoms with Crippen LogP contribution >= 0.6 is 0 Å². The predicted octanol–water partition coefficient (Wildman–Crippen LogP) is 2.57. The molecule has 3 rings (SSSR count). The van der Waals surface area contributed by atoms with E-state index in [4.69, 9.17) is 19.6 Å². The molecule has 3 aromatic rings. The number of nitrogens with two attached hydrogens (primary N) is 1. The molecule has 0 spiro atoms. The lowest BCUT2D eigenvalue weighted by atomic mass is 10.2. The van der Waals surface area contributed by atoms with Crippen LogP contribution in [0.2, 0.25) is 0 Å². The maximum Gasteiger partial charge on any atom is 0.357 e. The molecule has 0 aliphatic heterocycles. The topological polar surface area (TPSA) is 133 Å². The SMILES string of the molecule is COC(=O)c1c(N)c(C#N)cn1-c1ccc(NC(=O)c2ccco2)c(OC)c1. The third kappa shape index (κ3) is 3.26. The van der Waals surface area contributed by atoms with Crippen LogP contribution in [-0.4, -0.2) is 30.7 Å². The normalized spacial score (nSPS) is 10.2. The van der Waals surface area contributed by atoms with Crippen LogP contribution in [0.1, 0.15) is 26.6 Å². The Morgan fingerprint density at radius 3 is 2.68 bits per heavy atom. The van der Waals surface area contributed by atoms with E-state index in [1.165, 1.54) is 37.3 Å². The molecule has 2 aromatic heterocycles. The van der Waals surface area contributed by atoms with Gasteiger partial charge >= 0.3 is 5.97 Å². The number of carbonyl (C=O) groups excluding carboxylic acids is 2. The van der Waals surface area contributed by atoms with Crippen LogP contribution in [-0.2, 0) is 4.74 Å². The first-order valence-electron chi connectivity index (χ1n) is 8.02. The van der Waals surface area contributed by atoms with E-state index in [-0.39, 0.29) is 22.7 Å². The zero-order valence-electron chi connectivity index (χ0n) is 15.1. The number of hydrogen-bond donors (Lipinski definition) is 2. The molecule has 9 nitrogen and oxygen atoms in total. The van der Waals surface area contributed by atoms with Crippen molar-refractivity contribution in [3.8, 4) is 17.5 Å². The van der Waals surface area contributed by atoms with Crippen molar-refractivity contribution in [1.29, 1.82) is 5.26 Å². The number of nitrogens with zero attached hydrogens (tertiary/aromatic N) is 2. The number of hydrogen-bond acceptors (Lipinski definition) is 7. The molecule has 0 fully saturated rings. The van der Waals surface area contributed by atoms with Gasteiger partial charge in [-0.2, -0.15) is 5.26 Å². The van der Waals surface area contributed by atoms with Crippen LogP contribution in [0.25, 0.3) is 5.69 Å². The lowest BCUT2D eigenvalue weighted by molar-refractivity contribution is 0.0593. The standard InChI is InChI=1S/C19H16N4O5/c1-26-15-8-12(5-6-13(15)22-18(24)14-4-3-7-28-14)23-10-11(9-20)16(21)17(23)19(25)27-2/h3-8,10H,21H2,1-2H3,(H,22,24). The number of nitriles is 1. The molecule has 0 saturated carbocycles.